The van der Waals surface area contributed by atoms with Gasteiger partial charge in [0.2, 0.25) is 0 Å². The topological polar surface area (TPSA) is 105 Å². The fourth-order valence-corrected chi connectivity index (χ4v) is 3.97. The summed E-state index contributed by atoms with van der Waals surface area (Å²) in [6.45, 7) is 3.65. The Balaban J connectivity index is 3.49. The quantitative estimate of drug-likeness (QED) is 0.278. The van der Waals surface area contributed by atoms with Gasteiger partial charge in [0.1, 0.15) is 0 Å². The van der Waals surface area contributed by atoms with Crippen LogP contribution in [0.15, 0.2) is 35.5 Å². The Morgan fingerprint density at radius 3 is 1.75 bits per heavy atom. The standard InChI is InChI=1S/C24H34O8/c1-17-11-9-14-24(21(27)31-5,22(28)32-6)16-18(2)10-7-8-13-23(15-12-17,19(25)29-3)20(26)30-4/h7-8,10-11H,9,12-16H2,1-6H3/b8-7+,17-11-,18-10-. The van der Waals surface area contributed by atoms with Crippen molar-refractivity contribution < 1.29 is 38.1 Å². The number of hydrogen-bond acceptors (Lipinski definition) is 8. The van der Waals surface area contributed by atoms with Gasteiger partial charge in [0.05, 0.1) is 28.4 Å². The molecule has 0 aromatic heterocycles. The van der Waals surface area contributed by atoms with Crippen molar-refractivity contribution in [3.63, 3.8) is 0 Å². The van der Waals surface area contributed by atoms with E-state index in [1.165, 1.54) is 28.4 Å². The molecular formula is C24H34O8. The van der Waals surface area contributed by atoms with Crippen LogP contribution in [-0.2, 0) is 38.1 Å². The van der Waals surface area contributed by atoms with Gasteiger partial charge in [-0.3, -0.25) is 19.2 Å². The van der Waals surface area contributed by atoms with Crippen molar-refractivity contribution in [1.82, 2.24) is 0 Å². The SMILES string of the molecule is COC(=O)C1(C(=O)OC)C/C=C/C=C(/C)CC(C(=O)OC)(C(=O)OC)CC/C=C(/C)CC1. The molecule has 8 nitrogen and oxygen atoms in total. The molecule has 0 amide bonds. The first kappa shape index (κ1) is 27.1. The number of esters is 4. The molecule has 0 bridgehead atoms. The van der Waals surface area contributed by atoms with Gasteiger partial charge in [-0.2, -0.15) is 0 Å². The van der Waals surface area contributed by atoms with Gasteiger partial charge in [-0.1, -0.05) is 35.5 Å². The van der Waals surface area contributed by atoms with Crippen LogP contribution in [0.1, 0.15) is 52.4 Å². The van der Waals surface area contributed by atoms with Crippen LogP contribution in [0.4, 0.5) is 0 Å². The summed E-state index contributed by atoms with van der Waals surface area (Å²) in [4.78, 5) is 50.5. The zero-order valence-electron chi connectivity index (χ0n) is 19.8. The number of methoxy groups -OCH3 is 4. The molecule has 1 rings (SSSR count). The Bertz CT molecular complexity index is 771. The van der Waals surface area contributed by atoms with Gasteiger partial charge in [0.25, 0.3) is 0 Å². The number of rotatable bonds is 4. The largest absolute Gasteiger partial charge is 0.468 e. The molecule has 0 aromatic carbocycles. The molecule has 0 heterocycles. The summed E-state index contributed by atoms with van der Waals surface area (Å²) in [5.41, 5.74) is -1.28. The van der Waals surface area contributed by atoms with E-state index >= 15 is 0 Å². The predicted molar refractivity (Wildman–Crippen MR) is 117 cm³/mol. The Morgan fingerprint density at radius 1 is 0.750 bits per heavy atom. The molecule has 0 saturated heterocycles. The molecule has 32 heavy (non-hydrogen) atoms. The van der Waals surface area contributed by atoms with E-state index in [2.05, 4.69) is 0 Å². The second-order valence-electron chi connectivity index (χ2n) is 8.04. The van der Waals surface area contributed by atoms with Crippen LogP contribution < -0.4 is 0 Å². The molecule has 0 unspecified atom stereocenters. The van der Waals surface area contributed by atoms with E-state index in [0.717, 1.165) is 11.1 Å². The van der Waals surface area contributed by atoms with Crippen molar-refractivity contribution in [3.05, 3.63) is 35.5 Å². The van der Waals surface area contributed by atoms with Gasteiger partial charge in [0.15, 0.2) is 10.8 Å². The highest BCUT2D eigenvalue weighted by Gasteiger charge is 2.48. The lowest BCUT2D eigenvalue weighted by molar-refractivity contribution is -0.171. The first-order chi connectivity index (χ1) is 15.1. The summed E-state index contributed by atoms with van der Waals surface area (Å²) in [5.74, 6) is -2.58. The van der Waals surface area contributed by atoms with Crippen LogP contribution in [0.2, 0.25) is 0 Å². The van der Waals surface area contributed by atoms with E-state index in [-0.39, 0.29) is 25.7 Å². The number of carbonyl (C=O) groups is 4. The molecule has 1 aliphatic carbocycles. The molecular weight excluding hydrogens is 416 g/mol. The molecule has 0 saturated carbocycles. The maximum Gasteiger partial charge on any atom is 0.323 e. The van der Waals surface area contributed by atoms with Crippen LogP contribution >= 0.6 is 0 Å². The van der Waals surface area contributed by atoms with Crippen LogP contribution in [0.3, 0.4) is 0 Å². The van der Waals surface area contributed by atoms with Gasteiger partial charge in [0, 0.05) is 0 Å². The van der Waals surface area contributed by atoms with Crippen LogP contribution in [-0.4, -0.2) is 52.3 Å². The van der Waals surface area contributed by atoms with Crippen molar-refractivity contribution in [2.75, 3.05) is 28.4 Å². The smallest absolute Gasteiger partial charge is 0.323 e. The van der Waals surface area contributed by atoms with E-state index in [4.69, 9.17) is 18.9 Å². The molecule has 178 valence electrons. The zero-order valence-corrected chi connectivity index (χ0v) is 19.8. The molecule has 0 N–H and O–H groups in total. The van der Waals surface area contributed by atoms with Crippen LogP contribution in [0.25, 0.3) is 0 Å². The average Bonchev–Trinajstić information content (AvgIpc) is 2.80. The van der Waals surface area contributed by atoms with Crippen molar-refractivity contribution in [2.24, 2.45) is 10.8 Å². The van der Waals surface area contributed by atoms with E-state index < -0.39 is 34.7 Å². The van der Waals surface area contributed by atoms with Crippen LogP contribution in [0.5, 0.6) is 0 Å². The zero-order chi connectivity index (χ0) is 24.4. The Labute approximate surface area is 189 Å². The first-order valence-electron chi connectivity index (χ1n) is 10.4. The first-order valence-corrected chi connectivity index (χ1v) is 10.4. The van der Waals surface area contributed by atoms with Crippen molar-refractivity contribution in [3.8, 4) is 0 Å². The second-order valence-corrected chi connectivity index (χ2v) is 8.04. The molecule has 0 atom stereocenters. The van der Waals surface area contributed by atoms with E-state index in [0.29, 0.717) is 12.8 Å². The minimum absolute atomic E-state index is 0.0859. The average molecular weight is 451 g/mol. The highest BCUT2D eigenvalue weighted by molar-refractivity contribution is 6.01. The lowest BCUT2D eigenvalue weighted by atomic mass is 9.76. The van der Waals surface area contributed by atoms with E-state index in [1.54, 1.807) is 25.2 Å². The van der Waals surface area contributed by atoms with Crippen molar-refractivity contribution >= 4 is 23.9 Å². The van der Waals surface area contributed by atoms with Crippen molar-refractivity contribution in [2.45, 2.75) is 52.4 Å². The molecule has 0 spiro atoms. The molecule has 0 aromatic rings. The normalized spacial score (nSPS) is 23.1. The lowest BCUT2D eigenvalue weighted by Gasteiger charge is -2.29. The molecule has 1 aliphatic rings. The highest BCUT2D eigenvalue weighted by Crippen LogP contribution is 2.37. The minimum Gasteiger partial charge on any atom is -0.468 e. The number of hydrogen-bond donors (Lipinski definition) is 0. The third-order valence-electron chi connectivity index (χ3n) is 5.88. The van der Waals surface area contributed by atoms with Crippen molar-refractivity contribution in [1.29, 1.82) is 0 Å². The summed E-state index contributed by atoms with van der Waals surface area (Å²) >= 11 is 0. The number of allylic oxidation sites excluding steroid dienone is 6. The third-order valence-corrected chi connectivity index (χ3v) is 5.88. The monoisotopic (exact) mass is 450 g/mol. The van der Waals surface area contributed by atoms with E-state index in [1.807, 2.05) is 13.0 Å². The lowest BCUT2D eigenvalue weighted by Crippen LogP contribution is -2.41. The summed E-state index contributed by atoms with van der Waals surface area (Å²) in [7, 11) is 4.98. The van der Waals surface area contributed by atoms with Gasteiger partial charge in [-0.25, -0.2) is 0 Å². The third kappa shape index (κ3) is 6.08. The van der Waals surface area contributed by atoms with Gasteiger partial charge >= 0.3 is 23.9 Å². The van der Waals surface area contributed by atoms with Gasteiger partial charge < -0.3 is 18.9 Å². The van der Waals surface area contributed by atoms with E-state index in [9.17, 15) is 19.2 Å². The predicted octanol–water partition coefficient (Wildman–Crippen LogP) is 3.45. The molecule has 0 radical (unpaired) electrons. The maximum atomic E-state index is 12.7. The Morgan fingerprint density at radius 2 is 1.25 bits per heavy atom. The Kier molecular flexibility index (Phi) is 10.4. The molecule has 0 fully saturated rings. The van der Waals surface area contributed by atoms with Crippen LogP contribution in [0, 0.1) is 10.8 Å². The summed E-state index contributed by atoms with van der Waals surface area (Å²) < 4.78 is 19.8. The molecule has 0 aliphatic heterocycles. The summed E-state index contributed by atoms with van der Waals surface area (Å²) in [6.07, 6.45) is 8.40. The minimum atomic E-state index is -1.46. The fraction of sp³-hybridized carbons (Fsp3) is 0.583. The second kappa shape index (κ2) is 12.2. The summed E-state index contributed by atoms with van der Waals surface area (Å²) in [5, 5.41) is 0. The fourth-order valence-electron chi connectivity index (χ4n) is 3.97. The maximum absolute atomic E-state index is 12.7. The number of carbonyl (C=O) groups excluding carboxylic acids is 4. The Hall–Kier alpha value is -2.90. The number of ether oxygens (including phenoxy) is 4. The van der Waals surface area contributed by atoms with Gasteiger partial charge in [-0.05, 0) is 52.4 Å². The summed E-state index contributed by atoms with van der Waals surface area (Å²) in [6, 6.07) is 0. The molecule has 8 heteroatoms. The highest BCUT2D eigenvalue weighted by atomic mass is 16.6. The van der Waals surface area contributed by atoms with Gasteiger partial charge in [-0.15, -0.1) is 0 Å².